The number of phosphoric acid groups is 2. The maximum atomic E-state index is 13.0. The largest absolute Gasteiger partial charge is 0.472 e. The van der Waals surface area contributed by atoms with Crippen molar-refractivity contribution in [2.75, 3.05) is 39.6 Å². The van der Waals surface area contributed by atoms with E-state index in [0.29, 0.717) is 25.7 Å². The SMILES string of the molecule is CCCCCCCCCCCCCCCCC(=O)O[C@H](COC(=O)CCCCCCCCCCCCCCC)COP(=O)(O)OC[C@@H](O)COP(=O)(O)OC[C@@H](COC(=O)CCCCCCCCCCCCC)OC(=O)CCCCCCCCCCCC(C)C. The van der Waals surface area contributed by atoms with Crippen molar-refractivity contribution in [2.45, 2.75) is 387 Å². The lowest BCUT2D eigenvalue weighted by atomic mass is 10.0. The van der Waals surface area contributed by atoms with Gasteiger partial charge in [-0.05, 0) is 31.6 Å². The first-order chi connectivity index (χ1) is 43.5. The van der Waals surface area contributed by atoms with Gasteiger partial charge in [0.15, 0.2) is 12.2 Å². The smallest absolute Gasteiger partial charge is 0.462 e. The van der Waals surface area contributed by atoms with E-state index in [1.54, 1.807) is 0 Å². The van der Waals surface area contributed by atoms with Gasteiger partial charge in [-0.3, -0.25) is 37.3 Å². The molecule has 90 heavy (non-hydrogen) atoms. The van der Waals surface area contributed by atoms with Crippen LogP contribution in [0, 0.1) is 5.92 Å². The molecule has 0 bridgehead atoms. The second kappa shape index (κ2) is 64.4. The Kier molecular flexibility index (Phi) is 63.0. The molecule has 0 aliphatic heterocycles. The summed E-state index contributed by atoms with van der Waals surface area (Å²) in [6.45, 7) is 7.24. The maximum absolute atomic E-state index is 13.0. The number of ether oxygens (including phenoxy) is 4. The summed E-state index contributed by atoms with van der Waals surface area (Å²) in [5.41, 5.74) is 0. The van der Waals surface area contributed by atoms with Gasteiger partial charge in [0.05, 0.1) is 26.4 Å². The van der Waals surface area contributed by atoms with E-state index in [0.717, 1.165) is 95.8 Å². The molecule has 534 valence electrons. The summed E-state index contributed by atoms with van der Waals surface area (Å²) in [5.74, 6) is -1.38. The van der Waals surface area contributed by atoms with E-state index < -0.39 is 97.5 Å². The first-order valence-corrected chi connectivity index (χ1v) is 40.1. The van der Waals surface area contributed by atoms with E-state index in [-0.39, 0.29) is 25.7 Å². The number of hydrogen-bond donors (Lipinski definition) is 3. The quantitative estimate of drug-likeness (QED) is 0.0222. The molecule has 0 aromatic heterocycles. The fraction of sp³-hybridized carbons (Fsp3) is 0.944. The summed E-state index contributed by atoms with van der Waals surface area (Å²) in [5, 5.41) is 10.6. The Morgan fingerprint density at radius 2 is 0.511 bits per heavy atom. The Bertz CT molecular complexity index is 1740. The molecule has 19 heteroatoms. The average molecular weight is 1330 g/mol. The predicted octanol–water partition coefficient (Wildman–Crippen LogP) is 20.5. The Labute approximate surface area is 549 Å². The number of esters is 4. The van der Waals surface area contributed by atoms with Crippen LogP contribution in [0.5, 0.6) is 0 Å². The van der Waals surface area contributed by atoms with Crippen LogP contribution in [0.4, 0.5) is 0 Å². The molecular formula is C71H138O17P2. The number of aliphatic hydroxyl groups is 1. The molecule has 0 fully saturated rings. The fourth-order valence-corrected chi connectivity index (χ4v) is 12.4. The monoisotopic (exact) mass is 1320 g/mol. The fourth-order valence-electron chi connectivity index (χ4n) is 10.8. The molecule has 0 heterocycles. The lowest BCUT2D eigenvalue weighted by Crippen LogP contribution is -2.30. The van der Waals surface area contributed by atoms with Crippen molar-refractivity contribution < 1.29 is 80.2 Å². The highest BCUT2D eigenvalue weighted by molar-refractivity contribution is 7.47. The highest BCUT2D eigenvalue weighted by Gasteiger charge is 2.30. The average Bonchev–Trinajstić information content (AvgIpc) is 3.61. The lowest BCUT2D eigenvalue weighted by molar-refractivity contribution is -0.161. The minimum Gasteiger partial charge on any atom is -0.462 e. The molecule has 0 aromatic carbocycles. The van der Waals surface area contributed by atoms with Crippen LogP contribution < -0.4 is 0 Å². The van der Waals surface area contributed by atoms with Crippen molar-refractivity contribution in [3.05, 3.63) is 0 Å². The topological polar surface area (TPSA) is 237 Å². The van der Waals surface area contributed by atoms with Gasteiger partial charge in [0.1, 0.15) is 19.3 Å². The van der Waals surface area contributed by atoms with Crippen molar-refractivity contribution in [3.8, 4) is 0 Å². The van der Waals surface area contributed by atoms with E-state index >= 15 is 0 Å². The molecule has 0 saturated carbocycles. The second-order valence-electron chi connectivity index (χ2n) is 26.1. The molecule has 17 nitrogen and oxygen atoms in total. The molecule has 0 aromatic rings. The van der Waals surface area contributed by atoms with Crippen LogP contribution in [0.2, 0.25) is 0 Å². The molecule has 2 unspecified atom stereocenters. The minimum absolute atomic E-state index is 0.106. The first kappa shape index (κ1) is 88.1. The number of carbonyl (C=O) groups excluding carboxylic acids is 4. The Morgan fingerprint density at radius 3 is 0.756 bits per heavy atom. The van der Waals surface area contributed by atoms with Crippen LogP contribution in [0.3, 0.4) is 0 Å². The van der Waals surface area contributed by atoms with Crippen molar-refractivity contribution in [1.29, 1.82) is 0 Å². The Hall–Kier alpha value is -1.94. The second-order valence-corrected chi connectivity index (χ2v) is 29.0. The van der Waals surface area contributed by atoms with Gasteiger partial charge < -0.3 is 33.8 Å². The number of rotatable bonds is 71. The highest BCUT2D eigenvalue weighted by Crippen LogP contribution is 2.45. The number of unbranched alkanes of at least 4 members (excludes halogenated alkanes) is 43. The summed E-state index contributed by atoms with van der Waals surface area (Å²) in [6.07, 6.45) is 51.1. The molecule has 0 aliphatic carbocycles. The molecule has 3 N–H and O–H groups in total. The molecule has 0 radical (unpaired) electrons. The summed E-state index contributed by atoms with van der Waals surface area (Å²) in [4.78, 5) is 72.6. The van der Waals surface area contributed by atoms with Gasteiger partial charge >= 0.3 is 39.5 Å². The zero-order valence-electron chi connectivity index (χ0n) is 58.3. The van der Waals surface area contributed by atoms with E-state index in [4.69, 9.17) is 37.0 Å². The van der Waals surface area contributed by atoms with Gasteiger partial charge in [0, 0.05) is 25.7 Å². The predicted molar refractivity (Wildman–Crippen MR) is 363 cm³/mol. The van der Waals surface area contributed by atoms with Gasteiger partial charge in [-0.1, -0.05) is 317 Å². The molecule has 0 rings (SSSR count). The van der Waals surface area contributed by atoms with Crippen molar-refractivity contribution in [1.82, 2.24) is 0 Å². The van der Waals surface area contributed by atoms with Crippen LogP contribution >= 0.6 is 15.6 Å². The van der Waals surface area contributed by atoms with Crippen molar-refractivity contribution >= 4 is 39.5 Å². The molecule has 0 saturated heterocycles. The van der Waals surface area contributed by atoms with Crippen molar-refractivity contribution in [2.24, 2.45) is 5.92 Å². The third kappa shape index (κ3) is 64.8. The highest BCUT2D eigenvalue weighted by atomic mass is 31.2. The molecule has 5 atom stereocenters. The molecule has 0 amide bonds. The Balaban J connectivity index is 5.25. The van der Waals surface area contributed by atoms with Crippen LogP contribution in [0.15, 0.2) is 0 Å². The number of aliphatic hydroxyl groups excluding tert-OH is 1. The zero-order valence-corrected chi connectivity index (χ0v) is 60.1. The molecule has 0 spiro atoms. The molecular weight excluding hydrogens is 1190 g/mol. The third-order valence-corrected chi connectivity index (χ3v) is 18.4. The van der Waals surface area contributed by atoms with Gasteiger partial charge in [0.2, 0.25) is 0 Å². The third-order valence-electron chi connectivity index (χ3n) is 16.5. The van der Waals surface area contributed by atoms with E-state index in [1.807, 2.05) is 0 Å². The first-order valence-electron chi connectivity index (χ1n) is 37.1. The maximum Gasteiger partial charge on any atom is 0.472 e. The van der Waals surface area contributed by atoms with Crippen LogP contribution in [0.25, 0.3) is 0 Å². The van der Waals surface area contributed by atoms with Crippen molar-refractivity contribution in [3.63, 3.8) is 0 Å². The van der Waals surface area contributed by atoms with E-state index in [1.165, 1.54) is 193 Å². The summed E-state index contributed by atoms with van der Waals surface area (Å²) < 4.78 is 68.3. The zero-order chi connectivity index (χ0) is 66.3. The van der Waals surface area contributed by atoms with Gasteiger partial charge in [-0.15, -0.1) is 0 Å². The lowest BCUT2D eigenvalue weighted by Gasteiger charge is -2.21. The van der Waals surface area contributed by atoms with Gasteiger partial charge in [0.25, 0.3) is 0 Å². The van der Waals surface area contributed by atoms with Gasteiger partial charge in [-0.2, -0.15) is 0 Å². The summed E-state index contributed by atoms with van der Waals surface area (Å²) in [7, 11) is -9.90. The number of hydrogen-bond acceptors (Lipinski definition) is 15. The normalized spacial score (nSPS) is 14.1. The van der Waals surface area contributed by atoms with Gasteiger partial charge in [-0.25, -0.2) is 9.13 Å². The van der Waals surface area contributed by atoms with Crippen LogP contribution in [-0.4, -0.2) is 96.7 Å². The molecule has 0 aliphatic rings. The summed E-state index contributed by atoms with van der Waals surface area (Å²) >= 11 is 0. The number of carbonyl (C=O) groups is 4. The van der Waals surface area contributed by atoms with E-state index in [2.05, 4.69) is 34.6 Å². The Morgan fingerprint density at radius 1 is 0.300 bits per heavy atom. The van der Waals surface area contributed by atoms with E-state index in [9.17, 15) is 43.2 Å². The summed E-state index contributed by atoms with van der Waals surface area (Å²) in [6, 6.07) is 0. The standard InChI is InChI=1S/C71H138O17P2/c1-6-9-12-15-18-21-24-26-28-31-36-41-46-51-56-70(75)87-66(60-82-69(74)55-50-45-40-35-30-27-25-22-19-16-13-10-7-2)62-85-89(77,78)83-58-65(72)59-84-90(79,80)86-63-67(61-81-68(73)54-49-44-39-34-29-23-20-17-14-11-8-3)88-71(76)57-52-47-42-37-32-33-38-43-48-53-64(4)5/h64-67,72H,6-63H2,1-5H3,(H,77,78)(H,79,80)/t65-,66-,67-/m1/s1. The minimum atomic E-state index is -4.95. The number of phosphoric ester groups is 2. The van der Waals surface area contributed by atoms with Crippen LogP contribution in [-0.2, 0) is 65.4 Å². The van der Waals surface area contributed by atoms with Crippen LogP contribution in [0.1, 0.15) is 369 Å².